The van der Waals surface area contributed by atoms with E-state index in [1.165, 1.54) is 4.31 Å². The molecule has 0 fully saturated rings. The van der Waals surface area contributed by atoms with E-state index in [0.29, 0.717) is 13.1 Å². The Morgan fingerprint density at radius 1 is 1.17 bits per heavy atom. The van der Waals surface area contributed by atoms with Crippen LogP contribution in [0.4, 0.5) is 5.13 Å². The Morgan fingerprint density at radius 3 is 2.00 bits per heavy atom. The molecule has 0 spiro atoms. The third-order valence-corrected chi connectivity index (χ3v) is 5.05. The van der Waals surface area contributed by atoms with E-state index in [4.69, 9.17) is 5.73 Å². The van der Waals surface area contributed by atoms with Gasteiger partial charge < -0.3 is 5.73 Å². The van der Waals surface area contributed by atoms with Crippen LogP contribution in [-0.2, 0) is 10.0 Å². The summed E-state index contributed by atoms with van der Waals surface area (Å²) in [5, 5.41) is 7.37. The van der Waals surface area contributed by atoms with Gasteiger partial charge in [0.15, 0.2) is 0 Å². The van der Waals surface area contributed by atoms with Gasteiger partial charge >= 0.3 is 0 Å². The van der Waals surface area contributed by atoms with E-state index in [1.54, 1.807) is 0 Å². The molecule has 0 aliphatic heterocycles. The van der Waals surface area contributed by atoms with Crippen molar-refractivity contribution in [1.82, 2.24) is 14.5 Å². The molecule has 1 rings (SSSR count). The minimum absolute atomic E-state index is 0.0266. The van der Waals surface area contributed by atoms with Crippen molar-refractivity contribution in [2.24, 2.45) is 11.8 Å². The molecule has 1 aromatic rings. The Labute approximate surface area is 112 Å². The highest BCUT2D eigenvalue weighted by Crippen LogP contribution is 2.22. The van der Waals surface area contributed by atoms with Crippen LogP contribution in [0.1, 0.15) is 27.7 Å². The summed E-state index contributed by atoms with van der Waals surface area (Å²) in [6.07, 6.45) is 0. The highest BCUT2D eigenvalue weighted by molar-refractivity contribution is 7.91. The lowest BCUT2D eigenvalue weighted by Crippen LogP contribution is -2.37. The lowest BCUT2D eigenvalue weighted by molar-refractivity contribution is 0.333. The molecule has 0 bridgehead atoms. The van der Waals surface area contributed by atoms with Gasteiger partial charge in [-0.2, -0.15) is 4.31 Å². The smallest absolute Gasteiger partial charge is 0.272 e. The van der Waals surface area contributed by atoms with E-state index < -0.39 is 10.0 Å². The average Bonchev–Trinajstić information content (AvgIpc) is 2.63. The minimum atomic E-state index is -3.57. The fraction of sp³-hybridized carbons (Fsp3) is 0.800. The number of aromatic nitrogens is 2. The molecule has 0 aromatic carbocycles. The van der Waals surface area contributed by atoms with Gasteiger partial charge in [-0.1, -0.05) is 39.0 Å². The van der Waals surface area contributed by atoms with Crippen LogP contribution < -0.4 is 5.73 Å². The van der Waals surface area contributed by atoms with Crippen molar-refractivity contribution in [3.05, 3.63) is 0 Å². The van der Waals surface area contributed by atoms with E-state index in [-0.39, 0.29) is 21.3 Å². The van der Waals surface area contributed by atoms with Crippen molar-refractivity contribution < 1.29 is 8.42 Å². The van der Waals surface area contributed by atoms with Crippen LogP contribution in [0.5, 0.6) is 0 Å². The Kier molecular flexibility index (Phi) is 5.06. The number of sulfonamides is 1. The number of anilines is 1. The van der Waals surface area contributed by atoms with Crippen LogP contribution in [-0.4, -0.2) is 36.0 Å². The quantitative estimate of drug-likeness (QED) is 0.856. The first-order chi connectivity index (χ1) is 8.23. The molecule has 0 saturated heterocycles. The molecule has 0 atom stereocenters. The maximum absolute atomic E-state index is 12.4. The second-order valence-electron chi connectivity index (χ2n) is 5.02. The van der Waals surface area contributed by atoms with Gasteiger partial charge in [0.05, 0.1) is 0 Å². The SMILES string of the molecule is CC(C)CN(CC(C)C)S(=O)(=O)c1nnc(N)s1. The van der Waals surface area contributed by atoms with E-state index in [9.17, 15) is 8.42 Å². The zero-order chi connectivity index (χ0) is 13.9. The van der Waals surface area contributed by atoms with Crippen LogP contribution in [0.25, 0.3) is 0 Å². The lowest BCUT2D eigenvalue weighted by atomic mass is 10.2. The summed E-state index contributed by atoms with van der Waals surface area (Å²) in [4.78, 5) is 0. The van der Waals surface area contributed by atoms with Gasteiger partial charge in [0.2, 0.25) is 9.47 Å². The maximum atomic E-state index is 12.4. The summed E-state index contributed by atoms with van der Waals surface area (Å²) >= 11 is 0.903. The Balaban J connectivity index is 3.03. The third-order valence-electron chi connectivity index (χ3n) is 2.12. The fourth-order valence-corrected chi connectivity index (χ4v) is 4.21. The summed E-state index contributed by atoms with van der Waals surface area (Å²) in [5.74, 6) is 0.507. The molecule has 0 unspecified atom stereocenters. The highest BCUT2D eigenvalue weighted by atomic mass is 32.2. The van der Waals surface area contributed by atoms with E-state index in [0.717, 1.165) is 11.3 Å². The van der Waals surface area contributed by atoms with Crippen LogP contribution in [0.15, 0.2) is 4.34 Å². The summed E-state index contributed by atoms with van der Waals surface area (Å²) in [6, 6.07) is 0. The van der Waals surface area contributed by atoms with Crippen molar-refractivity contribution in [2.75, 3.05) is 18.8 Å². The second-order valence-corrected chi connectivity index (χ2v) is 8.14. The zero-order valence-electron chi connectivity index (χ0n) is 11.1. The average molecular weight is 292 g/mol. The molecule has 1 heterocycles. The summed E-state index contributed by atoms with van der Waals surface area (Å²) in [6.45, 7) is 8.88. The predicted molar refractivity (Wildman–Crippen MR) is 72.8 cm³/mol. The number of nitrogen functional groups attached to an aromatic ring is 1. The van der Waals surface area contributed by atoms with Crippen molar-refractivity contribution in [1.29, 1.82) is 0 Å². The molecule has 8 heteroatoms. The highest BCUT2D eigenvalue weighted by Gasteiger charge is 2.29. The first kappa shape index (κ1) is 15.3. The minimum Gasteiger partial charge on any atom is -0.374 e. The Hall–Kier alpha value is -0.730. The lowest BCUT2D eigenvalue weighted by Gasteiger charge is -2.24. The topological polar surface area (TPSA) is 89.2 Å². The van der Waals surface area contributed by atoms with Crippen molar-refractivity contribution in [3.8, 4) is 0 Å². The van der Waals surface area contributed by atoms with Crippen LogP contribution in [0.3, 0.4) is 0 Å². The molecule has 0 amide bonds. The van der Waals surface area contributed by atoms with Gasteiger partial charge in [-0.05, 0) is 11.8 Å². The van der Waals surface area contributed by atoms with Gasteiger partial charge in [-0.25, -0.2) is 8.42 Å². The molecule has 104 valence electrons. The molecule has 18 heavy (non-hydrogen) atoms. The first-order valence-corrected chi connectivity index (χ1v) is 8.08. The first-order valence-electron chi connectivity index (χ1n) is 5.82. The number of nitrogens with zero attached hydrogens (tertiary/aromatic N) is 3. The molecule has 0 saturated carbocycles. The van der Waals surface area contributed by atoms with E-state index in [1.807, 2.05) is 27.7 Å². The van der Waals surface area contributed by atoms with Gasteiger partial charge in [0, 0.05) is 13.1 Å². The van der Waals surface area contributed by atoms with Crippen molar-refractivity contribution >= 4 is 26.5 Å². The molecular formula is C10H20N4O2S2. The fourth-order valence-electron chi connectivity index (χ4n) is 1.52. The van der Waals surface area contributed by atoms with Gasteiger partial charge in [-0.15, -0.1) is 10.2 Å². The predicted octanol–water partition coefficient (Wildman–Crippen LogP) is 1.42. The van der Waals surface area contributed by atoms with E-state index >= 15 is 0 Å². The third kappa shape index (κ3) is 3.89. The molecule has 1 aromatic heterocycles. The Bertz CT molecular complexity index is 472. The monoisotopic (exact) mass is 292 g/mol. The maximum Gasteiger partial charge on any atom is 0.272 e. The van der Waals surface area contributed by atoms with E-state index in [2.05, 4.69) is 10.2 Å². The molecule has 6 nitrogen and oxygen atoms in total. The largest absolute Gasteiger partial charge is 0.374 e. The zero-order valence-corrected chi connectivity index (χ0v) is 12.8. The van der Waals surface area contributed by atoms with Crippen molar-refractivity contribution in [2.45, 2.75) is 32.0 Å². The standard InChI is InChI=1S/C10H20N4O2S2/c1-7(2)5-14(6-8(3)4)18(15,16)10-13-12-9(11)17-10/h7-8H,5-6H2,1-4H3,(H2,11,12). The number of hydrogen-bond donors (Lipinski definition) is 1. The van der Waals surface area contributed by atoms with Gasteiger partial charge in [-0.3, -0.25) is 0 Å². The second kappa shape index (κ2) is 5.94. The van der Waals surface area contributed by atoms with Crippen LogP contribution in [0, 0.1) is 11.8 Å². The Morgan fingerprint density at radius 2 is 1.67 bits per heavy atom. The van der Waals surface area contributed by atoms with Crippen LogP contribution in [0.2, 0.25) is 0 Å². The number of nitrogens with two attached hydrogens (primary N) is 1. The summed E-state index contributed by atoms with van der Waals surface area (Å²) in [7, 11) is -3.57. The molecule has 0 radical (unpaired) electrons. The molecule has 2 N–H and O–H groups in total. The molecule has 0 aliphatic carbocycles. The number of hydrogen-bond acceptors (Lipinski definition) is 6. The van der Waals surface area contributed by atoms with Gasteiger partial charge in [0.25, 0.3) is 10.0 Å². The van der Waals surface area contributed by atoms with Gasteiger partial charge in [0.1, 0.15) is 0 Å². The summed E-state index contributed by atoms with van der Waals surface area (Å²) in [5.41, 5.74) is 5.44. The number of rotatable bonds is 6. The molecule has 0 aliphatic rings. The van der Waals surface area contributed by atoms with Crippen LogP contribution >= 0.6 is 11.3 Å². The molecular weight excluding hydrogens is 272 g/mol. The normalized spacial score (nSPS) is 12.8. The summed E-state index contributed by atoms with van der Waals surface area (Å²) < 4.78 is 26.2. The van der Waals surface area contributed by atoms with Crippen molar-refractivity contribution in [3.63, 3.8) is 0 Å².